The maximum Gasteiger partial charge on any atom is 0.297 e. The minimum absolute atomic E-state index is 0.0611. The van der Waals surface area contributed by atoms with E-state index in [0.29, 0.717) is 43.4 Å². The van der Waals surface area contributed by atoms with E-state index < -0.39 is 17.8 Å². The van der Waals surface area contributed by atoms with Gasteiger partial charge in [-0.25, -0.2) is 9.37 Å². The van der Waals surface area contributed by atoms with E-state index in [9.17, 15) is 14.0 Å². The molecule has 174 valence electrons. The minimum atomic E-state index is -0.895. The zero-order chi connectivity index (χ0) is 24.3. The largest absolute Gasteiger partial charge is 0.493 e. The van der Waals surface area contributed by atoms with Crippen molar-refractivity contribution in [1.29, 1.82) is 0 Å². The van der Waals surface area contributed by atoms with Gasteiger partial charge in [0, 0.05) is 5.56 Å². The molecule has 0 saturated heterocycles. The monoisotopic (exact) mass is 488 g/mol. The number of aromatic nitrogens is 1. The molecule has 0 spiro atoms. The van der Waals surface area contributed by atoms with Crippen molar-refractivity contribution in [3.8, 4) is 11.5 Å². The van der Waals surface area contributed by atoms with Crippen LogP contribution in [0, 0.1) is 5.82 Å². The second-order valence-corrected chi connectivity index (χ2v) is 8.95. The van der Waals surface area contributed by atoms with E-state index >= 15 is 0 Å². The number of thiazole rings is 1. The second-order valence-electron chi connectivity index (χ2n) is 7.94. The summed E-state index contributed by atoms with van der Waals surface area (Å²) in [5.74, 6) is -0.156. The zero-order valence-electron chi connectivity index (χ0n) is 18.6. The van der Waals surface area contributed by atoms with E-state index in [-0.39, 0.29) is 16.8 Å². The average Bonchev–Trinajstić information content (AvgIpc) is 3.41. The highest BCUT2D eigenvalue weighted by Crippen LogP contribution is 2.47. The van der Waals surface area contributed by atoms with Crippen molar-refractivity contribution in [3.63, 3.8) is 0 Å². The lowest BCUT2D eigenvalue weighted by Crippen LogP contribution is -2.29. The number of halogens is 1. The molecule has 0 bridgehead atoms. The molecule has 9 heteroatoms. The Hall–Kier alpha value is -4.24. The molecular weight excluding hydrogens is 471 g/mol. The van der Waals surface area contributed by atoms with Crippen LogP contribution in [-0.4, -0.2) is 25.1 Å². The van der Waals surface area contributed by atoms with Crippen LogP contribution in [0.4, 0.5) is 9.52 Å². The highest BCUT2D eigenvalue weighted by atomic mass is 32.1. The third kappa shape index (κ3) is 3.12. The van der Waals surface area contributed by atoms with Crippen LogP contribution in [0.1, 0.15) is 27.7 Å². The van der Waals surface area contributed by atoms with Crippen molar-refractivity contribution in [1.82, 2.24) is 4.98 Å². The normalized spacial score (nSPS) is 15.1. The summed E-state index contributed by atoms with van der Waals surface area (Å²) >= 11 is 1.15. The number of ether oxygens (including phenoxy) is 2. The Bertz CT molecular complexity index is 1710. The number of hydrogen-bond acceptors (Lipinski definition) is 7. The van der Waals surface area contributed by atoms with Crippen LogP contribution < -0.4 is 19.8 Å². The predicted molar refractivity (Wildman–Crippen MR) is 130 cm³/mol. The Morgan fingerprint density at radius 3 is 2.66 bits per heavy atom. The van der Waals surface area contributed by atoms with Crippen molar-refractivity contribution < 1.29 is 23.1 Å². The lowest BCUT2D eigenvalue weighted by Gasteiger charge is -2.24. The maximum absolute atomic E-state index is 13.9. The lowest BCUT2D eigenvalue weighted by molar-refractivity contribution is 0.0970. The molecule has 6 rings (SSSR count). The molecule has 35 heavy (non-hydrogen) atoms. The Morgan fingerprint density at radius 1 is 1.03 bits per heavy atom. The summed E-state index contributed by atoms with van der Waals surface area (Å²) < 4.78 is 31.5. The Balaban J connectivity index is 1.67. The van der Waals surface area contributed by atoms with Gasteiger partial charge in [0.1, 0.15) is 17.4 Å². The number of fused-ring (bicyclic) bond motifs is 3. The lowest BCUT2D eigenvalue weighted by atomic mass is 9.97. The van der Waals surface area contributed by atoms with E-state index in [1.54, 1.807) is 48.5 Å². The average molecular weight is 488 g/mol. The van der Waals surface area contributed by atoms with Crippen molar-refractivity contribution in [2.75, 3.05) is 19.1 Å². The number of carbonyl (C=O) groups is 1. The highest BCUT2D eigenvalue weighted by Gasteiger charge is 2.46. The first-order valence-electron chi connectivity index (χ1n) is 10.7. The fourth-order valence-corrected chi connectivity index (χ4v) is 5.54. The number of carbonyl (C=O) groups excluding carboxylic acids is 1. The van der Waals surface area contributed by atoms with Crippen molar-refractivity contribution >= 4 is 43.6 Å². The van der Waals surface area contributed by atoms with Crippen LogP contribution in [0.3, 0.4) is 0 Å². The van der Waals surface area contributed by atoms with Crippen molar-refractivity contribution in [2.45, 2.75) is 6.04 Å². The van der Waals surface area contributed by atoms with Gasteiger partial charge >= 0.3 is 0 Å². The number of methoxy groups -OCH3 is 2. The molecule has 3 aromatic carbocycles. The van der Waals surface area contributed by atoms with Crippen LogP contribution >= 0.6 is 11.3 Å². The Morgan fingerprint density at radius 2 is 1.86 bits per heavy atom. The predicted octanol–water partition coefficient (Wildman–Crippen LogP) is 5.31. The summed E-state index contributed by atoms with van der Waals surface area (Å²) in [6, 6.07) is 15.4. The van der Waals surface area contributed by atoms with Crippen LogP contribution in [0.5, 0.6) is 11.5 Å². The van der Waals surface area contributed by atoms with Gasteiger partial charge in [0.05, 0.1) is 35.4 Å². The van der Waals surface area contributed by atoms with Gasteiger partial charge in [0.25, 0.3) is 5.91 Å². The summed E-state index contributed by atoms with van der Waals surface area (Å²) in [7, 11) is 3.00. The topological polar surface area (TPSA) is 81.9 Å². The van der Waals surface area contributed by atoms with Gasteiger partial charge in [0.15, 0.2) is 22.1 Å². The molecule has 0 fully saturated rings. The smallest absolute Gasteiger partial charge is 0.297 e. The SMILES string of the molecule is COc1cccc(C2c3c(oc4ccccc4c3=O)C(=O)N2c2nc3ccc(F)cc3s2)c1OC. The van der Waals surface area contributed by atoms with E-state index in [0.717, 1.165) is 11.3 Å². The number of para-hydroxylation sites is 2. The number of nitrogens with zero attached hydrogens (tertiary/aromatic N) is 2. The number of amides is 1. The first kappa shape index (κ1) is 21.3. The molecule has 0 aliphatic carbocycles. The van der Waals surface area contributed by atoms with Gasteiger partial charge < -0.3 is 13.9 Å². The first-order valence-corrected chi connectivity index (χ1v) is 11.5. The van der Waals surface area contributed by atoms with E-state index in [4.69, 9.17) is 13.9 Å². The van der Waals surface area contributed by atoms with Gasteiger partial charge in [-0.15, -0.1) is 0 Å². The molecule has 2 aromatic heterocycles. The number of rotatable bonds is 4. The fourth-order valence-electron chi connectivity index (χ4n) is 4.53. The minimum Gasteiger partial charge on any atom is -0.493 e. The molecule has 0 saturated carbocycles. The third-order valence-corrected chi connectivity index (χ3v) is 7.07. The number of hydrogen-bond donors (Lipinski definition) is 0. The Kier molecular flexibility index (Phi) is 4.82. The maximum atomic E-state index is 13.9. The highest BCUT2D eigenvalue weighted by molar-refractivity contribution is 7.22. The quantitative estimate of drug-likeness (QED) is 0.341. The molecular formula is C26H17FN2O5S. The van der Waals surface area contributed by atoms with E-state index in [1.165, 1.54) is 31.3 Å². The zero-order valence-corrected chi connectivity index (χ0v) is 19.4. The Labute approximate surface area is 202 Å². The van der Waals surface area contributed by atoms with Gasteiger partial charge in [-0.3, -0.25) is 14.5 Å². The molecule has 0 N–H and O–H groups in total. The third-order valence-electron chi connectivity index (χ3n) is 6.05. The molecule has 0 radical (unpaired) electrons. The summed E-state index contributed by atoms with van der Waals surface area (Å²) in [4.78, 5) is 33.5. The van der Waals surface area contributed by atoms with Crippen molar-refractivity contribution in [2.24, 2.45) is 0 Å². The van der Waals surface area contributed by atoms with Gasteiger partial charge in [-0.2, -0.15) is 0 Å². The van der Waals surface area contributed by atoms with E-state index in [1.807, 2.05) is 0 Å². The molecule has 1 aliphatic heterocycles. The molecule has 1 aliphatic rings. The molecule has 3 heterocycles. The summed E-state index contributed by atoms with van der Waals surface area (Å²) in [5.41, 5.74) is 1.25. The van der Waals surface area contributed by atoms with Crippen LogP contribution in [0.15, 0.2) is 69.9 Å². The van der Waals surface area contributed by atoms with Gasteiger partial charge in [0.2, 0.25) is 5.76 Å². The number of anilines is 1. The fraction of sp³-hybridized carbons (Fsp3) is 0.115. The molecule has 1 atom stereocenters. The van der Waals surface area contributed by atoms with E-state index in [2.05, 4.69) is 4.98 Å². The van der Waals surface area contributed by atoms with Gasteiger partial charge in [-0.1, -0.05) is 35.6 Å². The first-order chi connectivity index (χ1) is 17.0. The van der Waals surface area contributed by atoms with Crippen LogP contribution in [-0.2, 0) is 0 Å². The van der Waals surface area contributed by atoms with Crippen molar-refractivity contribution in [3.05, 3.63) is 93.6 Å². The van der Waals surface area contributed by atoms with Crippen LogP contribution in [0.2, 0.25) is 0 Å². The second kappa shape index (κ2) is 7.92. The molecule has 1 unspecified atom stereocenters. The summed E-state index contributed by atoms with van der Waals surface area (Å²) in [5, 5.41) is 0.666. The van der Waals surface area contributed by atoms with Gasteiger partial charge in [-0.05, 0) is 36.4 Å². The number of benzene rings is 3. The summed E-state index contributed by atoms with van der Waals surface area (Å²) in [6.07, 6.45) is 0. The molecule has 1 amide bonds. The molecule has 5 aromatic rings. The summed E-state index contributed by atoms with van der Waals surface area (Å²) in [6.45, 7) is 0. The molecule has 7 nitrogen and oxygen atoms in total. The standard InChI is InChI=1S/C26H17FN2O5S/c1-32-18-9-5-7-15(23(18)33-2)21-20-22(30)14-6-3-4-8-17(14)34-24(20)25(31)29(21)26-28-16-11-10-13(27)12-19(16)35-26/h3-12,21H,1-2H3. The van der Waals surface area contributed by atoms with Crippen LogP contribution in [0.25, 0.3) is 21.2 Å².